The Labute approximate surface area is 138 Å². The zero-order chi connectivity index (χ0) is 16.0. The van der Waals surface area contributed by atoms with Gasteiger partial charge >= 0.3 is 5.97 Å². The summed E-state index contributed by atoms with van der Waals surface area (Å²) in [4.78, 5) is 22.6. The molecule has 0 heterocycles. The maximum absolute atomic E-state index is 11.7. The number of carbonyl (C=O) groups is 2. The van der Waals surface area contributed by atoms with Crippen molar-refractivity contribution in [2.75, 3.05) is 13.2 Å². The number of carbonyl (C=O) groups excluding carboxylic acids is 1. The first-order valence-corrected chi connectivity index (χ1v) is 8.20. The quantitative estimate of drug-likeness (QED) is 0.656. The lowest BCUT2D eigenvalue weighted by molar-refractivity contribution is -0.143. The van der Waals surface area contributed by atoms with Crippen LogP contribution in [0.25, 0.3) is 0 Å². The third-order valence-corrected chi connectivity index (χ3v) is 4.34. The second kappa shape index (κ2) is 7.63. The summed E-state index contributed by atoms with van der Waals surface area (Å²) in [7, 11) is 0. The summed E-state index contributed by atoms with van der Waals surface area (Å²) >= 11 is 3.36. The van der Waals surface area contributed by atoms with Gasteiger partial charge in [0.1, 0.15) is 5.75 Å². The van der Waals surface area contributed by atoms with Crippen LogP contribution >= 0.6 is 15.9 Å². The number of carboxylic acid groups (broad SMARTS) is 1. The van der Waals surface area contributed by atoms with Crippen LogP contribution in [0.2, 0.25) is 0 Å². The van der Waals surface area contributed by atoms with Gasteiger partial charge in [0.15, 0.2) is 0 Å². The molecule has 0 aliphatic heterocycles. The zero-order valence-electron chi connectivity index (χ0n) is 12.3. The third-order valence-electron chi connectivity index (χ3n) is 3.81. The van der Waals surface area contributed by atoms with E-state index in [0.717, 1.165) is 23.1 Å². The van der Waals surface area contributed by atoms with Crippen molar-refractivity contribution in [3.63, 3.8) is 0 Å². The molecule has 6 heteroatoms. The van der Waals surface area contributed by atoms with Crippen molar-refractivity contribution >= 4 is 27.8 Å². The molecular formula is C16H20BrNO4. The van der Waals surface area contributed by atoms with Crippen molar-refractivity contribution in [3.8, 4) is 5.75 Å². The molecule has 0 bridgehead atoms. The van der Waals surface area contributed by atoms with Crippen LogP contribution in [0.4, 0.5) is 0 Å². The van der Waals surface area contributed by atoms with Crippen molar-refractivity contribution in [1.82, 2.24) is 5.32 Å². The highest BCUT2D eigenvalue weighted by molar-refractivity contribution is 9.10. The summed E-state index contributed by atoms with van der Waals surface area (Å²) in [6.07, 6.45) is 3.22. The summed E-state index contributed by atoms with van der Waals surface area (Å²) in [6.45, 7) is 0.810. The minimum absolute atomic E-state index is 0.0869. The number of hydrogen-bond acceptors (Lipinski definition) is 3. The van der Waals surface area contributed by atoms with Gasteiger partial charge in [-0.3, -0.25) is 9.59 Å². The van der Waals surface area contributed by atoms with E-state index in [-0.39, 0.29) is 12.5 Å². The van der Waals surface area contributed by atoms with Crippen LogP contribution in [0.3, 0.4) is 0 Å². The fourth-order valence-electron chi connectivity index (χ4n) is 2.08. The number of amides is 1. The van der Waals surface area contributed by atoms with E-state index in [2.05, 4.69) is 21.2 Å². The van der Waals surface area contributed by atoms with E-state index in [9.17, 15) is 9.59 Å². The van der Waals surface area contributed by atoms with Crippen molar-refractivity contribution in [2.45, 2.75) is 32.1 Å². The number of nitrogens with one attached hydrogen (secondary N) is 1. The number of ether oxygens (including phenoxy) is 1. The topological polar surface area (TPSA) is 75.6 Å². The van der Waals surface area contributed by atoms with Gasteiger partial charge in [-0.05, 0) is 49.9 Å². The average molecular weight is 370 g/mol. The normalized spacial score (nSPS) is 15.1. The molecule has 0 aromatic heterocycles. The number of benzene rings is 1. The summed E-state index contributed by atoms with van der Waals surface area (Å²) in [5.74, 6) is -0.0864. The Kier molecular flexibility index (Phi) is 5.83. The highest BCUT2D eigenvalue weighted by atomic mass is 79.9. The Hall–Kier alpha value is -1.56. The van der Waals surface area contributed by atoms with Crippen LogP contribution in [0.15, 0.2) is 28.7 Å². The van der Waals surface area contributed by atoms with E-state index in [1.165, 1.54) is 0 Å². The molecule has 1 aliphatic rings. The molecule has 0 unspecified atom stereocenters. The van der Waals surface area contributed by atoms with Crippen LogP contribution in [-0.2, 0) is 9.59 Å². The lowest BCUT2D eigenvalue weighted by Crippen LogP contribution is -2.34. The second-order valence-corrected chi connectivity index (χ2v) is 6.54. The molecule has 22 heavy (non-hydrogen) atoms. The number of rotatable bonds is 9. The summed E-state index contributed by atoms with van der Waals surface area (Å²) < 4.78 is 6.57. The fourth-order valence-corrected chi connectivity index (χ4v) is 2.35. The molecule has 5 nitrogen and oxygen atoms in total. The second-order valence-electron chi connectivity index (χ2n) is 5.62. The zero-order valence-corrected chi connectivity index (χ0v) is 13.9. The molecular weight excluding hydrogens is 350 g/mol. The van der Waals surface area contributed by atoms with Crippen molar-refractivity contribution < 1.29 is 19.4 Å². The van der Waals surface area contributed by atoms with Crippen molar-refractivity contribution in [2.24, 2.45) is 5.41 Å². The Morgan fingerprint density at radius 3 is 2.50 bits per heavy atom. The van der Waals surface area contributed by atoms with Gasteiger partial charge in [0.05, 0.1) is 12.0 Å². The fraction of sp³-hybridized carbons (Fsp3) is 0.500. The molecule has 120 valence electrons. The van der Waals surface area contributed by atoms with Gasteiger partial charge in [-0.1, -0.05) is 15.9 Å². The third kappa shape index (κ3) is 5.02. The summed E-state index contributed by atoms with van der Waals surface area (Å²) in [5.41, 5.74) is -0.694. The lowest BCUT2D eigenvalue weighted by atomic mass is 10.1. The lowest BCUT2D eigenvalue weighted by Gasteiger charge is -2.11. The van der Waals surface area contributed by atoms with E-state index < -0.39 is 11.4 Å². The molecule has 0 saturated heterocycles. The predicted molar refractivity (Wildman–Crippen MR) is 85.8 cm³/mol. The molecule has 2 rings (SSSR count). The SMILES string of the molecule is O=C(CCCCOc1ccc(Br)cc1)NCC1(C(=O)O)CC1. The highest BCUT2D eigenvalue weighted by Gasteiger charge is 2.50. The van der Waals surface area contributed by atoms with Crippen molar-refractivity contribution in [3.05, 3.63) is 28.7 Å². The van der Waals surface area contributed by atoms with Gasteiger partial charge in [-0.15, -0.1) is 0 Å². The van der Waals surface area contributed by atoms with Crippen LogP contribution in [0.1, 0.15) is 32.1 Å². The van der Waals surface area contributed by atoms with Gasteiger partial charge < -0.3 is 15.2 Å². The van der Waals surface area contributed by atoms with E-state index in [0.29, 0.717) is 25.9 Å². The minimum Gasteiger partial charge on any atom is -0.494 e. The molecule has 1 saturated carbocycles. The van der Waals surface area contributed by atoms with E-state index in [1.807, 2.05) is 24.3 Å². The molecule has 1 aliphatic carbocycles. The van der Waals surface area contributed by atoms with Gasteiger partial charge in [0.25, 0.3) is 0 Å². The molecule has 0 spiro atoms. The maximum Gasteiger partial charge on any atom is 0.311 e. The van der Waals surface area contributed by atoms with Crippen LogP contribution in [0, 0.1) is 5.41 Å². The molecule has 1 aromatic rings. The largest absolute Gasteiger partial charge is 0.494 e. The van der Waals surface area contributed by atoms with E-state index >= 15 is 0 Å². The number of carboxylic acids is 1. The predicted octanol–water partition coefficient (Wildman–Crippen LogP) is 2.98. The standard InChI is InChI=1S/C16H20BrNO4/c17-12-4-6-13(7-5-12)22-10-2-1-3-14(19)18-11-16(8-9-16)15(20)21/h4-7H,1-3,8-11H2,(H,18,19)(H,20,21). The number of halogens is 1. The minimum atomic E-state index is -0.810. The highest BCUT2D eigenvalue weighted by Crippen LogP contribution is 2.45. The van der Waals surface area contributed by atoms with Gasteiger partial charge in [-0.25, -0.2) is 0 Å². The molecule has 1 aromatic carbocycles. The monoisotopic (exact) mass is 369 g/mol. The summed E-state index contributed by atoms with van der Waals surface area (Å²) in [5, 5.41) is 11.7. The first kappa shape index (κ1) is 16.8. The van der Waals surface area contributed by atoms with Crippen LogP contribution in [-0.4, -0.2) is 30.1 Å². The Balaban J connectivity index is 1.54. The maximum atomic E-state index is 11.7. The average Bonchev–Trinajstić information content (AvgIpc) is 3.28. The van der Waals surface area contributed by atoms with E-state index in [1.54, 1.807) is 0 Å². The van der Waals surface area contributed by atoms with Crippen molar-refractivity contribution in [1.29, 1.82) is 0 Å². The molecule has 0 radical (unpaired) electrons. The van der Waals surface area contributed by atoms with Crippen LogP contribution < -0.4 is 10.1 Å². The van der Waals surface area contributed by atoms with Gasteiger partial charge in [0.2, 0.25) is 5.91 Å². The number of hydrogen-bond donors (Lipinski definition) is 2. The molecule has 2 N–H and O–H groups in total. The molecule has 1 amide bonds. The molecule has 0 atom stereocenters. The smallest absolute Gasteiger partial charge is 0.311 e. The van der Waals surface area contributed by atoms with Crippen LogP contribution in [0.5, 0.6) is 5.75 Å². The number of unbranched alkanes of at least 4 members (excludes halogenated alkanes) is 1. The Morgan fingerprint density at radius 2 is 1.91 bits per heavy atom. The van der Waals surface area contributed by atoms with Gasteiger partial charge in [0, 0.05) is 17.4 Å². The van der Waals surface area contributed by atoms with Gasteiger partial charge in [-0.2, -0.15) is 0 Å². The summed E-state index contributed by atoms with van der Waals surface area (Å²) in [6, 6.07) is 7.60. The Morgan fingerprint density at radius 1 is 1.23 bits per heavy atom. The first-order chi connectivity index (χ1) is 10.5. The first-order valence-electron chi connectivity index (χ1n) is 7.40. The number of aliphatic carboxylic acids is 1. The molecule has 1 fully saturated rings. The Bertz CT molecular complexity index is 525. The van der Waals surface area contributed by atoms with E-state index in [4.69, 9.17) is 9.84 Å².